The normalized spacial score (nSPS) is 10.1. The molecule has 0 aliphatic rings. The Labute approximate surface area is 140 Å². The smallest absolute Gasteiger partial charge is 0.255 e. The highest BCUT2D eigenvalue weighted by atomic mass is 16.5. The van der Waals surface area contributed by atoms with E-state index in [2.05, 4.69) is 10.6 Å². The minimum atomic E-state index is -0.254. The van der Waals surface area contributed by atoms with Gasteiger partial charge in [0.25, 0.3) is 5.91 Å². The fraction of sp³-hybridized carbons (Fsp3) is 0.222. The molecular formula is C18H20N2O4. The van der Waals surface area contributed by atoms with Crippen molar-refractivity contribution in [2.24, 2.45) is 0 Å². The Kier molecular flexibility index (Phi) is 6.33. The number of hydrogen-bond donors (Lipinski definition) is 2. The average Bonchev–Trinajstić information content (AvgIpc) is 2.56. The molecule has 0 fully saturated rings. The van der Waals surface area contributed by atoms with Crippen LogP contribution in [0.1, 0.15) is 17.3 Å². The maximum absolute atomic E-state index is 12.3. The molecule has 0 aliphatic carbocycles. The summed E-state index contributed by atoms with van der Waals surface area (Å²) in [5, 5.41) is 5.45. The molecule has 0 spiro atoms. The molecule has 2 aromatic carbocycles. The van der Waals surface area contributed by atoms with Crippen LogP contribution in [0.3, 0.4) is 0 Å². The number of methoxy groups -OCH3 is 1. The molecule has 2 rings (SSSR count). The van der Waals surface area contributed by atoms with Crippen LogP contribution in [0, 0.1) is 0 Å². The summed E-state index contributed by atoms with van der Waals surface area (Å²) in [6, 6.07) is 13.8. The van der Waals surface area contributed by atoms with E-state index in [1.54, 1.807) is 55.6 Å². The third-order valence-corrected chi connectivity index (χ3v) is 3.11. The second-order valence-corrected chi connectivity index (χ2v) is 5.08. The van der Waals surface area contributed by atoms with Gasteiger partial charge in [-0.2, -0.15) is 0 Å². The Balaban J connectivity index is 1.97. The van der Waals surface area contributed by atoms with Crippen LogP contribution < -0.4 is 15.4 Å². The second kappa shape index (κ2) is 8.69. The van der Waals surface area contributed by atoms with Gasteiger partial charge in [0.05, 0.1) is 6.61 Å². The number of rotatable bonds is 7. The van der Waals surface area contributed by atoms with Crippen LogP contribution in [0.25, 0.3) is 0 Å². The highest BCUT2D eigenvalue weighted by molar-refractivity contribution is 6.05. The highest BCUT2D eigenvalue weighted by Crippen LogP contribution is 2.17. The highest BCUT2D eigenvalue weighted by Gasteiger charge is 2.07. The Morgan fingerprint density at radius 1 is 0.958 bits per heavy atom. The standard InChI is InChI=1S/C18H20N2O4/c1-13(21)19-16-5-3-4-14(12-16)18(22)20-15-6-8-17(9-7-15)24-11-10-23-2/h3-9,12H,10-11H2,1-2H3,(H,19,21)(H,20,22). The number of anilines is 2. The minimum absolute atomic E-state index is 0.184. The number of amides is 2. The van der Waals surface area contributed by atoms with Crippen molar-refractivity contribution in [3.63, 3.8) is 0 Å². The van der Waals surface area contributed by atoms with Crippen LogP contribution in [-0.4, -0.2) is 32.1 Å². The maximum atomic E-state index is 12.3. The summed E-state index contributed by atoms with van der Waals surface area (Å²) in [6.07, 6.45) is 0. The van der Waals surface area contributed by atoms with E-state index in [0.717, 1.165) is 0 Å². The lowest BCUT2D eigenvalue weighted by molar-refractivity contribution is -0.114. The average molecular weight is 328 g/mol. The summed E-state index contributed by atoms with van der Waals surface area (Å²) in [5.74, 6) is 0.268. The molecular weight excluding hydrogens is 308 g/mol. The van der Waals surface area contributed by atoms with Gasteiger partial charge >= 0.3 is 0 Å². The molecule has 0 unspecified atom stereocenters. The second-order valence-electron chi connectivity index (χ2n) is 5.08. The van der Waals surface area contributed by atoms with Crippen molar-refractivity contribution in [3.05, 3.63) is 54.1 Å². The fourth-order valence-corrected chi connectivity index (χ4v) is 2.02. The van der Waals surface area contributed by atoms with Gasteiger partial charge in [0.2, 0.25) is 5.91 Å². The van der Waals surface area contributed by atoms with Gasteiger partial charge in [0, 0.05) is 31.0 Å². The molecule has 24 heavy (non-hydrogen) atoms. The summed E-state index contributed by atoms with van der Waals surface area (Å²) in [6.45, 7) is 2.41. The van der Waals surface area contributed by atoms with Crippen molar-refractivity contribution in [2.45, 2.75) is 6.92 Å². The van der Waals surface area contributed by atoms with Gasteiger partial charge in [-0.25, -0.2) is 0 Å². The van der Waals surface area contributed by atoms with Gasteiger partial charge in [0.1, 0.15) is 12.4 Å². The van der Waals surface area contributed by atoms with Crippen molar-refractivity contribution in [1.82, 2.24) is 0 Å². The quantitative estimate of drug-likeness (QED) is 0.766. The van der Waals surface area contributed by atoms with Gasteiger partial charge in [-0.3, -0.25) is 9.59 Å². The van der Waals surface area contributed by atoms with E-state index >= 15 is 0 Å². The molecule has 6 nitrogen and oxygen atoms in total. The summed E-state index contributed by atoms with van der Waals surface area (Å²) in [5.41, 5.74) is 1.70. The zero-order valence-electron chi connectivity index (χ0n) is 13.7. The van der Waals surface area contributed by atoms with Gasteiger partial charge in [-0.05, 0) is 42.5 Å². The maximum Gasteiger partial charge on any atom is 0.255 e. The molecule has 0 aromatic heterocycles. The lowest BCUT2D eigenvalue weighted by Crippen LogP contribution is -2.13. The van der Waals surface area contributed by atoms with Crippen LogP contribution in [0.2, 0.25) is 0 Å². The van der Waals surface area contributed by atoms with Crippen LogP contribution in [0.15, 0.2) is 48.5 Å². The third-order valence-electron chi connectivity index (χ3n) is 3.11. The molecule has 2 N–H and O–H groups in total. The van der Waals surface area contributed by atoms with Crippen molar-refractivity contribution in [3.8, 4) is 5.75 Å². The number of carbonyl (C=O) groups is 2. The lowest BCUT2D eigenvalue weighted by Gasteiger charge is -2.09. The summed E-state index contributed by atoms with van der Waals surface area (Å²) in [7, 11) is 1.61. The molecule has 2 aromatic rings. The van der Waals surface area contributed by atoms with Crippen molar-refractivity contribution >= 4 is 23.2 Å². The van der Waals surface area contributed by atoms with E-state index in [1.807, 2.05) is 0 Å². The predicted octanol–water partition coefficient (Wildman–Crippen LogP) is 2.92. The predicted molar refractivity (Wildman–Crippen MR) is 92.5 cm³/mol. The zero-order valence-corrected chi connectivity index (χ0v) is 13.7. The van der Waals surface area contributed by atoms with E-state index in [9.17, 15) is 9.59 Å². The number of benzene rings is 2. The fourth-order valence-electron chi connectivity index (χ4n) is 2.02. The Morgan fingerprint density at radius 2 is 1.71 bits per heavy atom. The first-order chi connectivity index (χ1) is 11.6. The minimum Gasteiger partial charge on any atom is -0.491 e. The summed E-state index contributed by atoms with van der Waals surface area (Å²) >= 11 is 0. The largest absolute Gasteiger partial charge is 0.491 e. The number of hydrogen-bond acceptors (Lipinski definition) is 4. The first-order valence-electron chi connectivity index (χ1n) is 7.49. The topological polar surface area (TPSA) is 76.7 Å². The van der Waals surface area contributed by atoms with Crippen LogP contribution in [0.5, 0.6) is 5.75 Å². The molecule has 0 heterocycles. The van der Waals surface area contributed by atoms with Gasteiger partial charge in [-0.15, -0.1) is 0 Å². The SMILES string of the molecule is COCCOc1ccc(NC(=O)c2cccc(NC(C)=O)c2)cc1. The Morgan fingerprint density at radius 3 is 2.38 bits per heavy atom. The molecule has 0 aliphatic heterocycles. The molecule has 6 heteroatoms. The number of nitrogens with one attached hydrogen (secondary N) is 2. The molecule has 0 saturated carbocycles. The molecule has 0 radical (unpaired) electrons. The summed E-state index contributed by atoms with van der Waals surface area (Å²) in [4.78, 5) is 23.4. The van der Waals surface area contributed by atoms with E-state index in [1.165, 1.54) is 6.92 Å². The van der Waals surface area contributed by atoms with Crippen molar-refractivity contribution in [1.29, 1.82) is 0 Å². The molecule has 0 atom stereocenters. The van der Waals surface area contributed by atoms with Crippen LogP contribution in [-0.2, 0) is 9.53 Å². The number of carbonyl (C=O) groups excluding carboxylic acids is 2. The lowest BCUT2D eigenvalue weighted by atomic mass is 10.2. The van der Waals surface area contributed by atoms with Gasteiger partial charge in [0.15, 0.2) is 0 Å². The van der Waals surface area contributed by atoms with Gasteiger partial charge in [-0.1, -0.05) is 6.07 Å². The van der Waals surface area contributed by atoms with E-state index < -0.39 is 0 Å². The van der Waals surface area contributed by atoms with Crippen LogP contribution >= 0.6 is 0 Å². The van der Waals surface area contributed by atoms with Crippen molar-refractivity contribution in [2.75, 3.05) is 31.0 Å². The van der Waals surface area contributed by atoms with E-state index in [4.69, 9.17) is 9.47 Å². The first kappa shape index (κ1) is 17.5. The molecule has 126 valence electrons. The zero-order chi connectivity index (χ0) is 17.4. The van der Waals surface area contributed by atoms with Crippen LogP contribution in [0.4, 0.5) is 11.4 Å². The van der Waals surface area contributed by atoms with E-state index in [-0.39, 0.29) is 11.8 Å². The Hall–Kier alpha value is -2.86. The summed E-state index contributed by atoms with van der Waals surface area (Å²) < 4.78 is 10.4. The van der Waals surface area contributed by atoms with E-state index in [0.29, 0.717) is 35.9 Å². The first-order valence-corrected chi connectivity index (χ1v) is 7.49. The van der Waals surface area contributed by atoms with Gasteiger partial charge < -0.3 is 20.1 Å². The monoisotopic (exact) mass is 328 g/mol. The van der Waals surface area contributed by atoms with Crippen molar-refractivity contribution < 1.29 is 19.1 Å². The third kappa shape index (κ3) is 5.40. The molecule has 0 bridgehead atoms. The number of ether oxygens (including phenoxy) is 2. The molecule has 0 saturated heterocycles. The molecule has 2 amide bonds. The Bertz CT molecular complexity index is 698.